The van der Waals surface area contributed by atoms with Gasteiger partial charge in [0.1, 0.15) is 0 Å². The van der Waals surface area contributed by atoms with E-state index >= 15 is 0 Å². The van der Waals surface area contributed by atoms with E-state index in [4.69, 9.17) is 5.11 Å². The van der Waals surface area contributed by atoms with Gasteiger partial charge in [-0.2, -0.15) is 0 Å². The molecule has 1 saturated heterocycles. The van der Waals surface area contributed by atoms with Crippen LogP contribution in [0.5, 0.6) is 0 Å². The zero-order valence-electron chi connectivity index (χ0n) is 7.87. The smallest absolute Gasteiger partial charge is 0.405 e. The predicted molar refractivity (Wildman–Crippen MR) is 47.6 cm³/mol. The Morgan fingerprint density at radius 3 is 2.77 bits per heavy atom. The Balaban J connectivity index is 2.66. The highest BCUT2D eigenvalue weighted by Crippen LogP contribution is 2.23. The van der Waals surface area contributed by atoms with Crippen molar-refractivity contribution in [2.45, 2.75) is 25.5 Å². The van der Waals surface area contributed by atoms with Crippen molar-refractivity contribution in [3.63, 3.8) is 0 Å². The predicted octanol–water partition coefficient (Wildman–Crippen LogP) is -0.387. The van der Waals surface area contributed by atoms with Crippen LogP contribution in [0.3, 0.4) is 0 Å². The van der Waals surface area contributed by atoms with Crippen molar-refractivity contribution in [3.05, 3.63) is 0 Å². The van der Waals surface area contributed by atoms with Gasteiger partial charge >= 0.3 is 6.09 Å². The maximum absolute atomic E-state index is 10.4. The van der Waals surface area contributed by atoms with Crippen molar-refractivity contribution >= 4 is 6.09 Å². The third kappa shape index (κ3) is 2.10. The van der Waals surface area contributed by atoms with Crippen molar-refractivity contribution in [2.24, 2.45) is 5.92 Å². The van der Waals surface area contributed by atoms with Crippen LogP contribution in [0.25, 0.3) is 0 Å². The van der Waals surface area contributed by atoms with E-state index in [0.717, 1.165) is 0 Å². The van der Waals surface area contributed by atoms with E-state index in [1.807, 2.05) is 6.92 Å². The Kier molecular flexibility index (Phi) is 2.77. The van der Waals surface area contributed by atoms with Gasteiger partial charge in [-0.25, -0.2) is 4.79 Å². The third-order valence-corrected chi connectivity index (χ3v) is 2.80. The fraction of sp³-hybridized carbons (Fsp3) is 0.875. The van der Waals surface area contributed by atoms with E-state index in [2.05, 4.69) is 10.6 Å². The number of carboxylic acid groups (broad SMARTS) is 1. The number of hydrogen-bond donors (Lipinski definition) is 4. The first-order valence-corrected chi connectivity index (χ1v) is 4.37. The van der Waals surface area contributed by atoms with Crippen LogP contribution in [-0.4, -0.2) is 41.0 Å². The number of amides is 1. The number of rotatable bonds is 1. The highest BCUT2D eigenvalue weighted by Gasteiger charge is 2.40. The molecule has 1 heterocycles. The quantitative estimate of drug-likeness (QED) is 0.452. The SMILES string of the molecule is C[C@H]1CNC[C@@H](NC(=O)O)C1(C)O. The summed E-state index contributed by atoms with van der Waals surface area (Å²) in [6.07, 6.45) is -1.10. The maximum atomic E-state index is 10.4. The van der Waals surface area contributed by atoms with Gasteiger partial charge < -0.3 is 20.8 Å². The number of piperidine rings is 1. The Hall–Kier alpha value is -0.810. The molecule has 13 heavy (non-hydrogen) atoms. The van der Waals surface area contributed by atoms with Gasteiger partial charge in [0.15, 0.2) is 0 Å². The first-order valence-electron chi connectivity index (χ1n) is 4.37. The Morgan fingerprint density at radius 2 is 2.23 bits per heavy atom. The summed E-state index contributed by atoms with van der Waals surface area (Å²) < 4.78 is 0. The highest BCUT2D eigenvalue weighted by atomic mass is 16.4. The van der Waals surface area contributed by atoms with E-state index in [9.17, 15) is 9.90 Å². The number of hydrogen-bond acceptors (Lipinski definition) is 3. The molecule has 1 unspecified atom stereocenters. The van der Waals surface area contributed by atoms with Crippen molar-refractivity contribution in [1.29, 1.82) is 0 Å². The Bertz CT molecular complexity index is 206. The lowest BCUT2D eigenvalue weighted by molar-refractivity contribution is -0.0423. The minimum absolute atomic E-state index is 0.0399. The molecule has 0 saturated carbocycles. The molecule has 1 fully saturated rings. The van der Waals surface area contributed by atoms with Crippen LogP contribution in [0.4, 0.5) is 4.79 Å². The normalized spacial score (nSPS) is 39.9. The summed E-state index contributed by atoms with van der Waals surface area (Å²) in [5.41, 5.74) is -0.969. The van der Waals surface area contributed by atoms with Crippen molar-refractivity contribution in [3.8, 4) is 0 Å². The van der Waals surface area contributed by atoms with Crippen LogP contribution >= 0.6 is 0 Å². The standard InChI is InChI=1S/C8H16N2O3/c1-5-3-9-4-6(8(5,2)13)10-7(11)12/h5-6,9-10,13H,3-4H2,1-2H3,(H,11,12)/t5-,6+,8?/m0/s1. The summed E-state index contributed by atoms with van der Waals surface area (Å²) in [6, 6.07) is -0.436. The molecule has 0 bridgehead atoms. The minimum Gasteiger partial charge on any atom is -0.465 e. The molecule has 3 atom stereocenters. The molecular weight excluding hydrogens is 172 g/mol. The molecule has 5 nitrogen and oxygen atoms in total. The average molecular weight is 188 g/mol. The van der Waals surface area contributed by atoms with Gasteiger partial charge in [0.2, 0.25) is 0 Å². The summed E-state index contributed by atoms with van der Waals surface area (Å²) in [5, 5.41) is 23.9. The molecule has 1 amide bonds. The van der Waals surface area contributed by atoms with Gasteiger partial charge in [0, 0.05) is 13.1 Å². The molecule has 1 aliphatic heterocycles. The van der Waals surface area contributed by atoms with Crippen LogP contribution in [0.1, 0.15) is 13.8 Å². The van der Waals surface area contributed by atoms with Gasteiger partial charge in [-0.1, -0.05) is 6.92 Å². The molecular formula is C8H16N2O3. The highest BCUT2D eigenvalue weighted by molar-refractivity contribution is 5.65. The zero-order chi connectivity index (χ0) is 10.1. The maximum Gasteiger partial charge on any atom is 0.405 e. The number of carbonyl (C=O) groups is 1. The molecule has 0 aromatic heterocycles. The summed E-state index contributed by atoms with van der Waals surface area (Å²) in [4.78, 5) is 10.4. The van der Waals surface area contributed by atoms with Crippen molar-refractivity contribution in [1.82, 2.24) is 10.6 Å². The van der Waals surface area contributed by atoms with Gasteiger partial charge in [-0.15, -0.1) is 0 Å². The van der Waals surface area contributed by atoms with Crippen LogP contribution in [-0.2, 0) is 0 Å². The molecule has 76 valence electrons. The molecule has 0 aliphatic carbocycles. The molecule has 1 rings (SSSR count). The van der Waals surface area contributed by atoms with E-state index in [1.54, 1.807) is 6.92 Å². The van der Waals surface area contributed by atoms with Crippen LogP contribution < -0.4 is 10.6 Å². The average Bonchev–Trinajstić information content (AvgIpc) is 1.99. The monoisotopic (exact) mass is 188 g/mol. The van der Waals surface area contributed by atoms with Crippen LogP contribution in [0, 0.1) is 5.92 Å². The second-order valence-corrected chi connectivity index (χ2v) is 3.79. The lowest BCUT2D eigenvalue weighted by Gasteiger charge is -2.42. The first-order chi connectivity index (χ1) is 5.94. The second kappa shape index (κ2) is 3.51. The molecule has 0 spiro atoms. The second-order valence-electron chi connectivity index (χ2n) is 3.79. The minimum atomic E-state index is -1.10. The lowest BCUT2D eigenvalue weighted by Crippen LogP contribution is -2.63. The van der Waals surface area contributed by atoms with Crippen molar-refractivity contribution in [2.75, 3.05) is 13.1 Å². The Morgan fingerprint density at radius 1 is 1.62 bits per heavy atom. The van der Waals surface area contributed by atoms with Gasteiger partial charge in [0.25, 0.3) is 0 Å². The summed E-state index contributed by atoms with van der Waals surface area (Å²) in [7, 11) is 0. The van der Waals surface area contributed by atoms with Crippen LogP contribution in [0.2, 0.25) is 0 Å². The van der Waals surface area contributed by atoms with Gasteiger partial charge in [-0.05, 0) is 12.8 Å². The molecule has 5 heteroatoms. The number of nitrogens with one attached hydrogen (secondary N) is 2. The molecule has 4 N–H and O–H groups in total. The van der Waals surface area contributed by atoms with Crippen LogP contribution in [0.15, 0.2) is 0 Å². The molecule has 0 aromatic carbocycles. The fourth-order valence-corrected chi connectivity index (χ4v) is 1.55. The number of aliphatic hydroxyl groups is 1. The zero-order valence-corrected chi connectivity index (χ0v) is 7.87. The van der Waals surface area contributed by atoms with E-state index in [0.29, 0.717) is 13.1 Å². The van der Waals surface area contributed by atoms with Crippen molar-refractivity contribution < 1.29 is 15.0 Å². The summed E-state index contributed by atoms with van der Waals surface area (Å²) >= 11 is 0. The molecule has 0 radical (unpaired) electrons. The lowest BCUT2D eigenvalue weighted by atomic mass is 9.81. The molecule has 1 aliphatic rings. The fourth-order valence-electron chi connectivity index (χ4n) is 1.55. The summed E-state index contributed by atoms with van der Waals surface area (Å²) in [5.74, 6) is 0.0399. The Labute approximate surface area is 77.1 Å². The van der Waals surface area contributed by atoms with E-state index in [1.165, 1.54) is 0 Å². The van der Waals surface area contributed by atoms with E-state index in [-0.39, 0.29) is 5.92 Å². The van der Waals surface area contributed by atoms with Gasteiger partial charge in [-0.3, -0.25) is 0 Å². The summed E-state index contributed by atoms with van der Waals surface area (Å²) in [6.45, 7) is 4.75. The largest absolute Gasteiger partial charge is 0.465 e. The van der Waals surface area contributed by atoms with E-state index < -0.39 is 17.7 Å². The topological polar surface area (TPSA) is 81.6 Å². The molecule has 0 aromatic rings. The first kappa shape index (κ1) is 10.3. The third-order valence-electron chi connectivity index (χ3n) is 2.80. The van der Waals surface area contributed by atoms with Gasteiger partial charge in [0.05, 0.1) is 11.6 Å².